The Bertz CT molecular complexity index is 607. The highest BCUT2D eigenvalue weighted by atomic mass is 79.9. The fourth-order valence-corrected chi connectivity index (χ4v) is 2.09. The largest absolute Gasteiger partial charge is 0.394 e. The smallest absolute Gasteiger partial charge is 0.255 e. The number of carbonyl (C=O) groups is 1. The van der Waals surface area contributed by atoms with Crippen LogP contribution < -0.4 is 5.32 Å². The molecule has 5 nitrogen and oxygen atoms in total. The molecule has 2 aromatic rings. The van der Waals surface area contributed by atoms with Crippen molar-refractivity contribution in [1.29, 1.82) is 0 Å². The maximum Gasteiger partial charge on any atom is 0.255 e. The van der Waals surface area contributed by atoms with Crippen LogP contribution in [0.2, 0.25) is 0 Å². The Morgan fingerprint density at radius 1 is 1.45 bits per heavy atom. The molecular weight excluding hydrogens is 322 g/mol. The molecule has 0 aliphatic heterocycles. The quantitative estimate of drug-likeness (QED) is 0.897. The third-order valence-corrected chi connectivity index (χ3v) is 3.51. The van der Waals surface area contributed by atoms with E-state index in [1.807, 2.05) is 31.2 Å². The number of aromatic nitrogens is 2. The average Bonchev–Trinajstić information content (AvgIpc) is 2.81. The number of aliphatic hydroxyl groups excluding tert-OH is 1. The van der Waals surface area contributed by atoms with E-state index in [1.165, 1.54) is 6.20 Å². The molecule has 1 atom stereocenters. The Morgan fingerprint density at radius 2 is 2.10 bits per heavy atom. The van der Waals surface area contributed by atoms with E-state index in [0.29, 0.717) is 5.56 Å². The van der Waals surface area contributed by atoms with Gasteiger partial charge < -0.3 is 10.4 Å². The van der Waals surface area contributed by atoms with E-state index in [-0.39, 0.29) is 18.6 Å². The first kappa shape index (κ1) is 14.7. The molecule has 1 aromatic heterocycles. The molecule has 0 saturated heterocycles. The summed E-state index contributed by atoms with van der Waals surface area (Å²) in [5, 5.41) is 15.9. The summed E-state index contributed by atoms with van der Waals surface area (Å²) in [4.78, 5) is 12.1. The summed E-state index contributed by atoms with van der Waals surface area (Å²) in [6.07, 6.45) is 1.54. The van der Waals surface area contributed by atoms with Crippen molar-refractivity contribution in [3.8, 4) is 5.69 Å². The van der Waals surface area contributed by atoms with E-state index in [2.05, 4.69) is 26.3 Å². The van der Waals surface area contributed by atoms with Crippen LogP contribution in [-0.2, 0) is 0 Å². The van der Waals surface area contributed by atoms with Crippen molar-refractivity contribution in [3.05, 3.63) is 46.2 Å². The minimum atomic E-state index is -0.280. The SMILES string of the molecule is Cc1c(C(=O)NC(C)CO)cnn1-c1ccc(Br)cc1. The van der Waals surface area contributed by atoms with Gasteiger partial charge in [-0.25, -0.2) is 4.68 Å². The van der Waals surface area contributed by atoms with E-state index < -0.39 is 0 Å². The number of amides is 1. The van der Waals surface area contributed by atoms with Crippen molar-refractivity contribution in [3.63, 3.8) is 0 Å². The third-order valence-electron chi connectivity index (χ3n) is 2.98. The second-order valence-corrected chi connectivity index (χ2v) is 5.50. The summed E-state index contributed by atoms with van der Waals surface area (Å²) >= 11 is 3.38. The van der Waals surface area contributed by atoms with E-state index in [9.17, 15) is 4.79 Å². The van der Waals surface area contributed by atoms with Gasteiger partial charge in [0.25, 0.3) is 5.91 Å². The molecule has 0 aliphatic rings. The van der Waals surface area contributed by atoms with Crippen LogP contribution >= 0.6 is 15.9 Å². The van der Waals surface area contributed by atoms with Gasteiger partial charge in [0.05, 0.1) is 29.7 Å². The predicted molar refractivity (Wildman–Crippen MR) is 80.0 cm³/mol. The van der Waals surface area contributed by atoms with Crippen molar-refractivity contribution >= 4 is 21.8 Å². The standard InChI is InChI=1S/C14H16BrN3O2/c1-9(8-19)17-14(20)13-7-16-18(10(13)2)12-5-3-11(15)4-6-12/h3-7,9,19H,8H2,1-2H3,(H,17,20). The molecule has 1 aromatic carbocycles. The van der Waals surface area contributed by atoms with Crippen molar-refractivity contribution in [2.75, 3.05) is 6.61 Å². The topological polar surface area (TPSA) is 67.2 Å². The molecule has 1 unspecified atom stereocenters. The zero-order valence-electron chi connectivity index (χ0n) is 11.3. The highest BCUT2D eigenvalue weighted by Crippen LogP contribution is 2.17. The zero-order valence-corrected chi connectivity index (χ0v) is 12.9. The maximum atomic E-state index is 12.1. The van der Waals surface area contributed by atoms with Crippen LogP contribution in [0.4, 0.5) is 0 Å². The van der Waals surface area contributed by atoms with Gasteiger partial charge in [-0.15, -0.1) is 0 Å². The Balaban J connectivity index is 2.27. The second-order valence-electron chi connectivity index (χ2n) is 4.59. The maximum absolute atomic E-state index is 12.1. The highest BCUT2D eigenvalue weighted by Gasteiger charge is 2.16. The number of hydrogen-bond acceptors (Lipinski definition) is 3. The molecule has 20 heavy (non-hydrogen) atoms. The van der Waals surface area contributed by atoms with Crippen LogP contribution in [0, 0.1) is 6.92 Å². The van der Waals surface area contributed by atoms with Crippen molar-refractivity contribution in [2.24, 2.45) is 0 Å². The first-order valence-corrected chi connectivity index (χ1v) is 7.04. The summed E-state index contributed by atoms with van der Waals surface area (Å²) in [5.74, 6) is -0.229. The summed E-state index contributed by atoms with van der Waals surface area (Å²) in [6.45, 7) is 3.49. The molecule has 0 spiro atoms. The highest BCUT2D eigenvalue weighted by molar-refractivity contribution is 9.10. The zero-order chi connectivity index (χ0) is 14.7. The van der Waals surface area contributed by atoms with Gasteiger partial charge in [0.2, 0.25) is 0 Å². The van der Waals surface area contributed by atoms with E-state index in [1.54, 1.807) is 11.6 Å². The van der Waals surface area contributed by atoms with Crippen LogP contribution in [0.3, 0.4) is 0 Å². The van der Waals surface area contributed by atoms with Gasteiger partial charge in [-0.1, -0.05) is 15.9 Å². The van der Waals surface area contributed by atoms with E-state index in [4.69, 9.17) is 5.11 Å². The fraction of sp³-hybridized carbons (Fsp3) is 0.286. The summed E-state index contributed by atoms with van der Waals surface area (Å²) in [5.41, 5.74) is 2.16. The Morgan fingerprint density at radius 3 is 2.70 bits per heavy atom. The molecule has 1 amide bonds. The number of halogens is 1. The van der Waals surface area contributed by atoms with Crippen LogP contribution in [0.1, 0.15) is 23.0 Å². The van der Waals surface area contributed by atoms with Crippen LogP contribution in [0.25, 0.3) is 5.69 Å². The molecule has 2 rings (SSSR count). The first-order valence-electron chi connectivity index (χ1n) is 6.25. The molecular formula is C14H16BrN3O2. The van der Waals surface area contributed by atoms with Gasteiger partial charge in [-0.3, -0.25) is 4.79 Å². The van der Waals surface area contributed by atoms with Crippen LogP contribution in [-0.4, -0.2) is 33.4 Å². The number of carbonyl (C=O) groups excluding carboxylic acids is 1. The molecule has 0 fully saturated rings. The van der Waals surface area contributed by atoms with Crippen LogP contribution in [0.15, 0.2) is 34.9 Å². The number of benzene rings is 1. The number of aliphatic hydroxyl groups is 1. The fourth-order valence-electron chi connectivity index (χ4n) is 1.82. The molecule has 0 radical (unpaired) electrons. The third kappa shape index (κ3) is 3.08. The molecule has 0 bridgehead atoms. The van der Waals surface area contributed by atoms with Crippen molar-refractivity contribution in [2.45, 2.75) is 19.9 Å². The summed E-state index contributed by atoms with van der Waals surface area (Å²) in [7, 11) is 0. The molecule has 2 N–H and O–H groups in total. The Kier molecular flexibility index (Phi) is 4.57. The van der Waals surface area contributed by atoms with Gasteiger partial charge in [-0.05, 0) is 38.1 Å². The van der Waals surface area contributed by atoms with Gasteiger partial charge in [0.1, 0.15) is 0 Å². The van der Waals surface area contributed by atoms with Crippen LogP contribution in [0.5, 0.6) is 0 Å². The van der Waals surface area contributed by atoms with Gasteiger partial charge in [0.15, 0.2) is 0 Å². The Hall–Kier alpha value is -1.66. The normalized spacial score (nSPS) is 12.2. The molecule has 6 heteroatoms. The van der Waals surface area contributed by atoms with Gasteiger partial charge in [-0.2, -0.15) is 5.10 Å². The lowest BCUT2D eigenvalue weighted by molar-refractivity contribution is 0.0921. The lowest BCUT2D eigenvalue weighted by Gasteiger charge is -2.10. The minimum absolute atomic E-state index is 0.0916. The average molecular weight is 338 g/mol. The van der Waals surface area contributed by atoms with Crippen molar-refractivity contribution < 1.29 is 9.90 Å². The predicted octanol–water partition coefficient (Wildman–Crippen LogP) is 2.05. The number of hydrogen-bond donors (Lipinski definition) is 2. The second kappa shape index (κ2) is 6.19. The number of nitrogens with one attached hydrogen (secondary N) is 1. The Labute approximate surface area is 125 Å². The van der Waals surface area contributed by atoms with Gasteiger partial charge in [0, 0.05) is 10.5 Å². The minimum Gasteiger partial charge on any atom is -0.394 e. The number of nitrogens with zero attached hydrogens (tertiary/aromatic N) is 2. The lowest BCUT2D eigenvalue weighted by atomic mass is 10.2. The summed E-state index contributed by atoms with van der Waals surface area (Å²) < 4.78 is 2.70. The molecule has 0 aliphatic carbocycles. The van der Waals surface area contributed by atoms with Crippen molar-refractivity contribution in [1.82, 2.24) is 15.1 Å². The lowest BCUT2D eigenvalue weighted by Crippen LogP contribution is -2.35. The molecule has 0 saturated carbocycles. The number of rotatable bonds is 4. The monoisotopic (exact) mass is 337 g/mol. The molecule has 1 heterocycles. The van der Waals surface area contributed by atoms with E-state index in [0.717, 1.165) is 15.9 Å². The van der Waals surface area contributed by atoms with Gasteiger partial charge >= 0.3 is 0 Å². The first-order chi connectivity index (χ1) is 9.52. The molecule has 106 valence electrons. The van der Waals surface area contributed by atoms with E-state index >= 15 is 0 Å². The summed E-state index contributed by atoms with van der Waals surface area (Å²) in [6, 6.07) is 7.40.